The highest BCUT2D eigenvalue weighted by Crippen LogP contribution is 2.29. The molecule has 0 radical (unpaired) electrons. The topological polar surface area (TPSA) is 60.2 Å². The van der Waals surface area contributed by atoms with Crippen molar-refractivity contribution in [3.8, 4) is 11.6 Å². The van der Waals surface area contributed by atoms with E-state index in [9.17, 15) is 4.79 Å². The minimum absolute atomic E-state index is 0.0734. The Balaban J connectivity index is 1.27. The lowest BCUT2D eigenvalue weighted by Crippen LogP contribution is -2.39. The van der Waals surface area contributed by atoms with Gasteiger partial charge in [-0.2, -0.15) is 0 Å². The smallest absolute Gasteiger partial charge is 0.253 e. The van der Waals surface area contributed by atoms with E-state index < -0.39 is 0 Å². The van der Waals surface area contributed by atoms with Crippen LogP contribution in [0.1, 0.15) is 45.9 Å². The van der Waals surface area contributed by atoms with Crippen LogP contribution in [-0.4, -0.2) is 38.4 Å². The molecular weight excluding hydrogens is 424 g/mol. The predicted molar refractivity (Wildman–Crippen MR) is 131 cm³/mol. The molecule has 1 aliphatic rings. The zero-order chi connectivity index (χ0) is 23.3. The summed E-state index contributed by atoms with van der Waals surface area (Å²) in [5.74, 6) is 1.61. The lowest BCUT2D eigenvalue weighted by molar-refractivity contribution is 0.0705. The predicted octanol–water partition coefficient (Wildman–Crippen LogP) is 5.45. The Labute approximate surface area is 199 Å². The number of imidazole rings is 1. The van der Waals surface area contributed by atoms with Crippen molar-refractivity contribution in [3.63, 3.8) is 0 Å². The van der Waals surface area contributed by atoms with Crippen molar-refractivity contribution < 1.29 is 9.53 Å². The van der Waals surface area contributed by atoms with Gasteiger partial charge in [0.15, 0.2) is 0 Å². The molecule has 1 amide bonds. The molecule has 1 unspecified atom stereocenters. The molecule has 4 aromatic rings. The van der Waals surface area contributed by atoms with Crippen LogP contribution in [0.4, 0.5) is 0 Å². The normalized spacial score (nSPS) is 15.8. The van der Waals surface area contributed by atoms with Gasteiger partial charge in [0.1, 0.15) is 5.75 Å². The molecule has 6 heteroatoms. The van der Waals surface area contributed by atoms with E-state index in [2.05, 4.69) is 11.9 Å². The molecule has 172 valence electrons. The van der Waals surface area contributed by atoms with Gasteiger partial charge >= 0.3 is 0 Å². The van der Waals surface area contributed by atoms with Gasteiger partial charge in [0.05, 0.1) is 6.33 Å². The molecule has 2 aromatic heterocycles. The highest BCUT2D eigenvalue weighted by molar-refractivity contribution is 5.94. The standard InChI is InChI=1S/C28H28N4O2/c1-21-10-12-25(13-11-21)34-27-9-3-8-26(30-27)24-7-4-15-32(19-24)28(33)23-6-2-5-22(17-23)18-31-16-14-29-20-31/h2-3,5-6,8-14,16-17,20,24H,4,7,15,18-19H2,1H3. The summed E-state index contributed by atoms with van der Waals surface area (Å²) in [6.07, 6.45) is 7.43. The average Bonchev–Trinajstić information content (AvgIpc) is 3.38. The fourth-order valence-corrected chi connectivity index (χ4v) is 4.42. The van der Waals surface area contributed by atoms with Gasteiger partial charge in [0, 0.05) is 55.3 Å². The molecule has 0 aliphatic carbocycles. The monoisotopic (exact) mass is 452 g/mol. The lowest BCUT2D eigenvalue weighted by atomic mass is 9.93. The first-order valence-electron chi connectivity index (χ1n) is 11.7. The molecule has 0 bridgehead atoms. The van der Waals surface area contributed by atoms with Crippen LogP contribution >= 0.6 is 0 Å². The van der Waals surface area contributed by atoms with Crippen LogP contribution < -0.4 is 4.74 Å². The van der Waals surface area contributed by atoms with Gasteiger partial charge in [0.2, 0.25) is 5.88 Å². The van der Waals surface area contributed by atoms with E-state index in [0.717, 1.165) is 42.0 Å². The zero-order valence-electron chi connectivity index (χ0n) is 19.3. The number of carbonyl (C=O) groups excluding carboxylic acids is 1. The Morgan fingerprint density at radius 2 is 1.94 bits per heavy atom. The Morgan fingerprint density at radius 1 is 1.09 bits per heavy atom. The molecule has 1 saturated heterocycles. The summed E-state index contributed by atoms with van der Waals surface area (Å²) in [6.45, 7) is 4.17. The summed E-state index contributed by atoms with van der Waals surface area (Å²) in [5.41, 5.74) is 3.96. The number of likely N-dealkylation sites (tertiary alicyclic amines) is 1. The number of hydrogen-bond acceptors (Lipinski definition) is 4. The lowest BCUT2D eigenvalue weighted by Gasteiger charge is -2.32. The summed E-state index contributed by atoms with van der Waals surface area (Å²) in [6, 6.07) is 21.7. The number of rotatable bonds is 6. The first-order chi connectivity index (χ1) is 16.6. The second kappa shape index (κ2) is 9.91. The number of hydrogen-bond donors (Lipinski definition) is 0. The van der Waals surface area contributed by atoms with Crippen LogP contribution in [-0.2, 0) is 6.54 Å². The molecule has 0 saturated carbocycles. The number of nitrogens with zero attached hydrogens (tertiary/aromatic N) is 4. The SMILES string of the molecule is Cc1ccc(Oc2cccc(C3CCCN(C(=O)c4cccc(Cn5ccnc5)c4)C3)n2)cc1. The minimum Gasteiger partial charge on any atom is -0.439 e. The average molecular weight is 453 g/mol. The van der Waals surface area contributed by atoms with Gasteiger partial charge in [-0.1, -0.05) is 35.9 Å². The summed E-state index contributed by atoms with van der Waals surface area (Å²) in [4.78, 5) is 24.1. The van der Waals surface area contributed by atoms with E-state index >= 15 is 0 Å². The van der Waals surface area contributed by atoms with Gasteiger partial charge < -0.3 is 14.2 Å². The van der Waals surface area contributed by atoms with Crippen molar-refractivity contribution in [2.45, 2.75) is 32.2 Å². The van der Waals surface area contributed by atoms with E-state index in [1.807, 2.05) is 82.4 Å². The van der Waals surface area contributed by atoms with Crippen LogP contribution in [0.15, 0.2) is 85.5 Å². The van der Waals surface area contributed by atoms with E-state index in [4.69, 9.17) is 9.72 Å². The van der Waals surface area contributed by atoms with Crippen molar-refractivity contribution in [2.75, 3.05) is 13.1 Å². The fraction of sp³-hybridized carbons (Fsp3) is 0.250. The molecule has 1 atom stereocenters. The van der Waals surface area contributed by atoms with Crippen LogP contribution in [0.2, 0.25) is 0 Å². The van der Waals surface area contributed by atoms with Gasteiger partial charge in [0.25, 0.3) is 5.91 Å². The van der Waals surface area contributed by atoms with Crippen LogP contribution in [0.5, 0.6) is 11.6 Å². The van der Waals surface area contributed by atoms with Crippen molar-refractivity contribution in [1.29, 1.82) is 0 Å². The van der Waals surface area contributed by atoms with Crippen molar-refractivity contribution in [3.05, 3.63) is 108 Å². The van der Waals surface area contributed by atoms with E-state index in [1.54, 1.807) is 12.5 Å². The Morgan fingerprint density at radius 3 is 2.76 bits per heavy atom. The Hall–Kier alpha value is -3.93. The molecule has 0 spiro atoms. The highest BCUT2D eigenvalue weighted by atomic mass is 16.5. The first-order valence-corrected chi connectivity index (χ1v) is 11.7. The number of pyridine rings is 1. The number of ether oxygens (including phenoxy) is 1. The van der Waals surface area contributed by atoms with Gasteiger partial charge in [-0.3, -0.25) is 4.79 Å². The fourth-order valence-electron chi connectivity index (χ4n) is 4.42. The molecule has 1 aliphatic heterocycles. The zero-order valence-corrected chi connectivity index (χ0v) is 19.3. The number of carbonyl (C=O) groups is 1. The summed E-state index contributed by atoms with van der Waals surface area (Å²) < 4.78 is 7.96. The molecule has 1 fully saturated rings. The van der Waals surface area contributed by atoms with Gasteiger partial charge in [-0.25, -0.2) is 9.97 Å². The molecule has 34 heavy (non-hydrogen) atoms. The Kier molecular flexibility index (Phi) is 6.38. The van der Waals surface area contributed by atoms with Crippen molar-refractivity contribution >= 4 is 5.91 Å². The summed E-state index contributed by atoms with van der Waals surface area (Å²) in [7, 11) is 0. The minimum atomic E-state index is 0.0734. The van der Waals surface area contributed by atoms with Gasteiger partial charge in [-0.05, 0) is 55.7 Å². The quantitative estimate of drug-likeness (QED) is 0.390. The van der Waals surface area contributed by atoms with Crippen molar-refractivity contribution in [1.82, 2.24) is 19.4 Å². The van der Waals surface area contributed by atoms with E-state index in [-0.39, 0.29) is 11.8 Å². The maximum Gasteiger partial charge on any atom is 0.253 e. The van der Waals surface area contributed by atoms with E-state index in [0.29, 0.717) is 19.0 Å². The van der Waals surface area contributed by atoms with Crippen LogP contribution in [0.3, 0.4) is 0 Å². The van der Waals surface area contributed by atoms with Crippen LogP contribution in [0.25, 0.3) is 0 Å². The number of piperidine rings is 1. The Bertz CT molecular complexity index is 1250. The number of amides is 1. The molecule has 0 N–H and O–H groups in total. The third-order valence-corrected chi connectivity index (χ3v) is 6.21. The third-order valence-electron chi connectivity index (χ3n) is 6.21. The highest BCUT2D eigenvalue weighted by Gasteiger charge is 2.26. The molecule has 6 nitrogen and oxygen atoms in total. The van der Waals surface area contributed by atoms with Crippen LogP contribution in [0, 0.1) is 6.92 Å². The molecule has 5 rings (SSSR count). The number of aryl methyl sites for hydroxylation is 1. The largest absolute Gasteiger partial charge is 0.439 e. The first kappa shape index (κ1) is 21.9. The molecular formula is C28H28N4O2. The number of aromatic nitrogens is 3. The van der Waals surface area contributed by atoms with Gasteiger partial charge in [-0.15, -0.1) is 0 Å². The molecule has 2 aromatic carbocycles. The summed E-state index contributed by atoms with van der Waals surface area (Å²) >= 11 is 0. The summed E-state index contributed by atoms with van der Waals surface area (Å²) in [5, 5.41) is 0. The third kappa shape index (κ3) is 5.17. The van der Waals surface area contributed by atoms with Crippen molar-refractivity contribution in [2.24, 2.45) is 0 Å². The maximum atomic E-state index is 13.3. The second-order valence-electron chi connectivity index (χ2n) is 8.84. The second-order valence-corrected chi connectivity index (χ2v) is 8.84. The number of benzene rings is 2. The molecule has 3 heterocycles. The maximum absolute atomic E-state index is 13.3. The van der Waals surface area contributed by atoms with E-state index in [1.165, 1.54) is 5.56 Å².